The maximum atomic E-state index is 12.8. The van der Waals surface area contributed by atoms with E-state index in [1.165, 1.54) is 4.90 Å². The fourth-order valence-corrected chi connectivity index (χ4v) is 3.59. The summed E-state index contributed by atoms with van der Waals surface area (Å²) in [4.78, 5) is 34.4. The van der Waals surface area contributed by atoms with Crippen LogP contribution in [0.3, 0.4) is 0 Å². The number of β-amino-alcohol motifs (C(OH)–C–C–N with tert-alkyl or cyclic N) is 1. The van der Waals surface area contributed by atoms with E-state index in [4.69, 9.17) is 5.73 Å². The highest BCUT2D eigenvalue weighted by Crippen LogP contribution is 2.25. The van der Waals surface area contributed by atoms with Crippen LogP contribution < -0.4 is 11.1 Å². The van der Waals surface area contributed by atoms with Gasteiger partial charge in [0.1, 0.15) is 6.04 Å². The van der Waals surface area contributed by atoms with Gasteiger partial charge < -0.3 is 26.0 Å². The Balaban J connectivity index is 1.63. The molecule has 162 valence electrons. The number of rotatable bonds is 5. The van der Waals surface area contributed by atoms with Crippen molar-refractivity contribution in [2.75, 3.05) is 6.54 Å². The van der Waals surface area contributed by atoms with Crippen LogP contribution in [0.2, 0.25) is 0 Å². The second-order valence-electron chi connectivity index (χ2n) is 9.03. The number of benzene rings is 1. The van der Waals surface area contributed by atoms with Gasteiger partial charge in [0.15, 0.2) is 0 Å². The van der Waals surface area contributed by atoms with Crippen LogP contribution in [0.1, 0.15) is 38.4 Å². The lowest BCUT2D eigenvalue weighted by molar-refractivity contribution is -0.141. The van der Waals surface area contributed by atoms with E-state index in [0.29, 0.717) is 6.54 Å². The van der Waals surface area contributed by atoms with Crippen LogP contribution in [0.4, 0.5) is 0 Å². The average Bonchev–Trinajstić information content (AvgIpc) is 3.30. The molecule has 1 saturated heterocycles. The van der Waals surface area contributed by atoms with Crippen LogP contribution >= 0.6 is 0 Å². The molecule has 1 aromatic carbocycles. The molecule has 3 atom stereocenters. The first-order valence-corrected chi connectivity index (χ1v) is 10.2. The minimum absolute atomic E-state index is 0.123. The Morgan fingerprint density at radius 1 is 1.33 bits per heavy atom. The molecule has 0 saturated carbocycles. The van der Waals surface area contributed by atoms with Crippen molar-refractivity contribution in [3.05, 3.63) is 41.9 Å². The number of hydrogen-bond donors (Lipinski definition) is 4. The minimum atomic E-state index is -0.740. The molecule has 0 spiro atoms. The summed E-state index contributed by atoms with van der Waals surface area (Å²) in [7, 11) is 0. The van der Waals surface area contributed by atoms with Gasteiger partial charge in [0.25, 0.3) is 0 Å². The lowest BCUT2D eigenvalue weighted by Crippen LogP contribution is -2.54. The van der Waals surface area contributed by atoms with Crippen LogP contribution in [-0.4, -0.2) is 56.5 Å². The Bertz CT molecular complexity index is 900. The number of nitrogens with two attached hydrogens (primary N) is 1. The largest absolute Gasteiger partial charge is 0.391 e. The third-order valence-electron chi connectivity index (χ3n) is 5.59. The molecule has 0 aliphatic carbocycles. The number of imidazole rings is 1. The molecule has 2 amide bonds. The number of nitrogens with zero attached hydrogens (tertiary/aromatic N) is 2. The third kappa shape index (κ3) is 4.71. The first-order chi connectivity index (χ1) is 14.1. The number of aromatic nitrogens is 2. The Kier molecular flexibility index (Phi) is 6.28. The number of likely N-dealkylation sites (tertiary alicyclic amines) is 1. The number of aliphatic hydroxyl groups is 1. The summed E-state index contributed by atoms with van der Waals surface area (Å²) >= 11 is 0. The monoisotopic (exact) mass is 413 g/mol. The normalized spacial score (nSPS) is 20.3. The molecular formula is C22H31N5O3. The molecule has 30 heavy (non-hydrogen) atoms. The van der Waals surface area contributed by atoms with Crippen LogP contribution in [0.15, 0.2) is 30.6 Å². The summed E-state index contributed by atoms with van der Waals surface area (Å²) in [6.45, 7) is 8.06. The number of amides is 2. The van der Waals surface area contributed by atoms with Gasteiger partial charge in [-0.25, -0.2) is 4.98 Å². The zero-order valence-electron chi connectivity index (χ0n) is 18.0. The zero-order valence-corrected chi connectivity index (χ0v) is 18.0. The Morgan fingerprint density at radius 2 is 2.00 bits per heavy atom. The van der Waals surface area contributed by atoms with Gasteiger partial charge in [0, 0.05) is 30.8 Å². The van der Waals surface area contributed by atoms with E-state index >= 15 is 0 Å². The number of aryl methyl sites for hydroxylation is 1. The summed E-state index contributed by atoms with van der Waals surface area (Å²) in [6, 6.07) is 6.34. The fraction of sp³-hybridized carbons (Fsp3) is 0.500. The van der Waals surface area contributed by atoms with Gasteiger partial charge in [0.2, 0.25) is 11.8 Å². The predicted octanol–water partition coefficient (Wildman–Crippen LogP) is 1.34. The zero-order chi connectivity index (χ0) is 22.1. The van der Waals surface area contributed by atoms with Crippen molar-refractivity contribution in [3.8, 4) is 11.3 Å². The van der Waals surface area contributed by atoms with Crippen LogP contribution in [0.5, 0.6) is 0 Å². The molecule has 0 unspecified atom stereocenters. The maximum absolute atomic E-state index is 12.8. The minimum Gasteiger partial charge on any atom is -0.391 e. The fourth-order valence-electron chi connectivity index (χ4n) is 3.59. The molecule has 5 N–H and O–H groups in total. The van der Waals surface area contributed by atoms with Crippen LogP contribution in [-0.2, 0) is 16.1 Å². The quantitative estimate of drug-likeness (QED) is 0.589. The van der Waals surface area contributed by atoms with E-state index < -0.39 is 23.6 Å². The first kappa shape index (κ1) is 22.0. The van der Waals surface area contributed by atoms with E-state index in [-0.39, 0.29) is 24.8 Å². The standard InChI is InChI=1S/C22H31N5O3/c1-13-18(26-12-25-13)15-7-5-14(6-8-15)10-24-20(29)17-9-16(28)11-27(17)21(30)19(23)22(2,3)4/h5-8,12,16-17,19,28H,9-11,23H2,1-4H3,(H,24,29)(H,25,26)/t16-,17+,19-/m1/s1. The second kappa shape index (κ2) is 8.57. The van der Waals surface area contributed by atoms with Gasteiger partial charge in [-0.1, -0.05) is 45.0 Å². The van der Waals surface area contributed by atoms with Crippen molar-refractivity contribution >= 4 is 11.8 Å². The molecule has 1 fully saturated rings. The van der Waals surface area contributed by atoms with Crippen molar-refractivity contribution < 1.29 is 14.7 Å². The van der Waals surface area contributed by atoms with Crippen molar-refractivity contribution in [2.45, 2.75) is 58.8 Å². The predicted molar refractivity (Wildman–Crippen MR) is 114 cm³/mol. The highest BCUT2D eigenvalue weighted by atomic mass is 16.3. The third-order valence-corrected chi connectivity index (χ3v) is 5.59. The van der Waals surface area contributed by atoms with Crippen LogP contribution in [0.25, 0.3) is 11.3 Å². The van der Waals surface area contributed by atoms with E-state index in [0.717, 1.165) is 22.5 Å². The summed E-state index contributed by atoms with van der Waals surface area (Å²) < 4.78 is 0. The van der Waals surface area contributed by atoms with Gasteiger partial charge >= 0.3 is 0 Å². The van der Waals surface area contributed by atoms with Crippen molar-refractivity contribution in [2.24, 2.45) is 11.1 Å². The highest BCUT2D eigenvalue weighted by Gasteiger charge is 2.42. The summed E-state index contributed by atoms with van der Waals surface area (Å²) in [5, 5.41) is 12.9. The number of H-pyrrole nitrogens is 1. The van der Waals surface area contributed by atoms with Crippen molar-refractivity contribution in [3.63, 3.8) is 0 Å². The molecule has 1 aromatic heterocycles. The van der Waals surface area contributed by atoms with Crippen molar-refractivity contribution in [1.82, 2.24) is 20.2 Å². The second-order valence-corrected chi connectivity index (χ2v) is 9.03. The van der Waals surface area contributed by atoms with Crippen molar-refractivity contribution in [1.29, 1.82) is 0 Å². The molecule has 8 heteroatoms. The molecule has 8 nitrogen and oxygen atoms in total. The number of carbonyl (C=O) groups excluding carboxylic acids is 2. The molecule has 2 aromatic rings. The molecule has 0 radical (unpaired) electrons. The summed E-state index contributed by atoms with van der Waals surface area (Å²) in [5.41, 5.74) is 9.49. The first-order valence-electron chi connectivity index (χ1n) is 10.2. The smallest absolute Gasteiger partial charge is 0.243 e. The number of aliphatic hydroxyl groups excluding tert-OH is 1. The Labute approximate surface area is 176 Å². The summed E-state index contributed by atoms with van der Waals surface area (Å²) in [6.07, 6.45) is 1.15. The van der Waals surface area contributed by atoms with Crippen LogP contribution in [0, 0.1) is 12.3 Å². The molecule has 1 aliphatic rings. The Morgan fingerprint density at radius 3 is 2.57 bits per heavy atom. The SMILES string of the molecule is Cc1[nH]cnc1-c1ccc(CNC(=O)[C@@H]2C[C@@H](O)CN2C(=O)[C@@H](N)C(C)(C)C)cc1. The summed E-state index contributed by atoms with van der Waals surface area (Å²) in [5.74, 6) is -0.592. The topological polar surface area (TPSA) is 124 Å². The number of aromatic amines is 1. The lowest BCUT2D eigenvalue weighted by Gasteiger charge is -2.32. The molecular weight excluding hydrogens is 382 g/mol. The average molecular weight is 414 g/mol. The molecule has 0 bridgehead atoms. The van der Waals surface area contributed by atoms with Gasteiger partial charge in [-0.15, -0.1) is 0 Å². The lowest BCUT2D eigenvalue weighted by atomic mass is 9.86. The molecule has 3 rings (SSSR count). The van der Waals surface area contributed by atoms with Gasteiger partial charge in [-0.3, -0.25) is 9.59 Å². The maximum Gasteiger partial charge on any atom is 0.243 e. The molecule has 1 aliphatic heterocycles. The number of hydrogen-bond acceptors (Lipinski definition) is 5. The van der Waals surface area contributed by atoms with E-state index in [1.54, 1.807) is 6.33 Å². The number of nitrogens with one attached hydrogen (secondary N) is 2. The van der Waals surface area contributed by atoms with Gasteiger partial charge in [-0.05, 0) is 17.9 Å². The molecule has 2 heterocycles. The van der Waals surface area contributed by atoms with E-state index in [1.807, 2.05) is 52.0 Å². The van der Waals surface area contributed by atoms with Gasteiger partial charge in [0.05, 0.1) is 24.2 Å². The number of carbonyl (C=O) groups is 2. The Hall–Kier alpha value is -2.71. The highest BCUT2D eigenvalue weighted by molar-refractivity contribution is 5.90. The van der Waals surface area contributed by atoms with Gasteiger partial charge in [-0.2, -0.15) is 0 Å². The van der Waals surface area contributed by atoms with E-state index in [9.17, 15) is 14.7 Å². The van der Waals surface area contributed by atoms with E-state index in [2.05, 4.69) is 15.3 Å².